The zero-order chi connectivity index (χ0) is 21.3. The molecule has 6 nitrogen and oxygen atoms in total. The zero-order valence-electron chi connectivity index (χ0n) is 17.4. The molecule has 0 unspecified atom stereocenters. The Morgan fingerprint density at radius 1 is 1.03 bits per heavy atom. The summed E-state index contributed by atoms with van der Waals surface area (Å²) in [5.41, 5.74) is 6.55. The van der Waals surface area contributed by atoms with Crippen LogP contribution in [0.25, 0.3) is 5.78 Å². The molecule has 0 atom stereocenters. The van der Waals surface area contributed by atoms with Gasteiger partial charge in [0.2, 0.25) is 5.16 Å². The number of hydrogen-bond donors (Lipinski definition) is 1. The van der Waals surface area contributed by atoms with E-state index in [1.165, 1.54) is 11.8 Å². The highest BCUT2D eigenvalue weighted by molar-refractivity contribution is 7.98. The fourth-order valence-corrected chi connectivity index (χ4v) is 4.12. The first-order valence-corrected chi connectivity index (χ1v) is 10.7. The van der Waals surface area contributed by atoms with Gasteiger partial charge in [-0.1, -0.05) is 42.1 Å². The van der Waals surface area contributed by atoms with Crippen LogP contribution in [-0.2, 0) is 5.75 Å². The van der Waals surface area contributed by atoms with Gasteiger partial charge in [-0.2, -0.15) is 4.98 Å². The van der Waals surface area contributed by atoms with E-state index in [1.54, 1.807) is 4.52 Å². The number of amides is 1. The summed E-state index contributed by atoms with van der Waals surface area (Å²) in [6.45, 7) is 7.98. The minimum Gasteiger partial charge on any atom is -0.322 e. The van der Waals surface area contributed by atoms with Crippen molar-refractivity contribution < 1.29 is 4.79 Å². The van der Waals surface area contributed by atoms with Crippen molar-refractivity contribution in [2.45, 2.75) is 38.6 Å². The van der Waals surface area contributed by atoms with Gasteiger partial charge in [-0.25, -0.2) is 9.50 Å². The van der Waals surface area contributed by atoms with Crippen molar-refractivity contribution in [1.82, 2.24) is 19.6 Å². The van der Waals surface area contributed by atoms with Gasteiger partial charge in [0, 0.05) is 28.4 Å². The topological polar surface area (TPSA) is 72.2 Å². The molecule has 2 aromatic carbocycles. The molecule has 152 valence electrons. The molecule has 2 heterocycles. The van der Waals surface area contributed by atoms with Crippen molar-refractivity contribution in [3.8, 4) is 0 Å². The van der Waals surface area contributed by atoms with Gasteiger partial charge >= 0.3 is 0 Å². The van der Waals surface area contributed by atoms with Crippen LogP contribution in [0.2, 0.25) is 0 Å². The van der Waals surface area contributed by atoms with Crippen molar-refractivity contribution in [2.75, 3.05) is 5.32 Å². The lowest BCUT2D eigenvalue weighted by atomic mass is 10.1. The first-order chi connectivity index (χ1) is 14.4. The SMILES string of the molecule is Cc1cc(C)n2nc(SCc3ccccc3C(=O)Nc3cccc(C)c3C)nc2n1. The Morgan fingerprint density at radius 3 is 2.67 bits per heavy atom. The second-order valence-corrected chi connectivity index (χ2v) is 8.24. The van der Waals surface area contributed by atoms with Gasteiger partial charge in [-0.15, -0.1) is 5.10 Å². The Bertz CT molecular complexity index is 1250. The molecular formula is C23H23N5OS. The number of rotatable bonds is 5. The molecule has 0 saturated heterocycles. The van der Waals surface area contributed by atoms with Crippen molar-refractivity contribution in [3.05, 3.63) is 82.2 Å². The first-order valence-electron chi connectivity index (χ1n) is 9.71. The van der Waals surface area contributed by atoms with Crippen LogP contribution in [0.3, 0.4) is 0 Å². The summed E-state index contributed by atoms with van der Waals surface area (Å²) in [6.07, 6.45) is 0. The highest BCUT2D eigenvalue weighted by atomic mass is 32.2. The monoisotopic (exact) mass is 417 g/mol. The second-order valence-electron chi connectivity index (χ2n) is 7.29. The number of aryl methyl sites for hydroxylation is 3. The maximum atomic E-state index is 13.0. The molecule has 0 fully saturated rings. The predicted octanol–water partition coefficient (Wildman–Crippen LogP) is 4.90. The first kappa shape index (κ1) is 20.1. The highest BCUT2D eigenvalue weighted by Crippen LogP contribution is 2.24. The molecule has 0 bridgehead atoms. The summed E-state index contributed by atoms with van der Waals surface area (Å²) in [7, 11) is 0. The van der Waals surface area contributed by atoms with Crippen molar-refractivity contribution in [1.29, 1.82) is 0 Å². The Hall–Kier alpha value is -3.19. The molecule has 0 aliphatic rings. The average molecular weight is 418 g/mol. The summed E-state index contributed by atoms with van der Waals surface area (Å²) < 4.78 is 1.74. The molecule has 4 rings (SSSR count). The van der Waals surface area contributed by atoms with Gasteiger partial charge in [0.15, 0.2) is 0 Å². The summed E-state index contributed by atoms with van der Waals surface area (Å²) >= 11 is 1.49. The number of anilines is 1. The lowest BCUT2D eigenvalue weighted by molar-refractivity contribution is 0.102. The van der Waals surface area contributed by atoms with E-state index in [9.17, 15) is 4.79 Å². The fourth-order valence-electron chi connectivity index (χ4n) is 3.30. The molecule has 1 N–H and O–H groups in total. The summed E-state index contributed by atoms with van der Waals surface area (Å²) in [5, 5.41) is 8.22. The van der Waals surface area contributed by atoms with Crippen molar-refractivity contribution in [3.63, 3.8) is 0 Å². The van der Waals surface area contributed by atoms with E-state index in [4.69, 9.17) is 0 Å². The number of hydrogen-bond acceptors (Lipinski definition) is 5. The normalized spacial score (nSPS) is 11.1. The standard InChI is InChI=1S/C23H23N5OS/c1-14-8-7-11-20(17(14)4)25-21(29)19-10-6-5-9-18(19)13-30-23-26-22-24-15(2)12-16(3)28(22)27-23/h5-12H,13H2,1-4H3,(H,25,29). The number of benzene rings is 2. The molecule has 30 heavy (non-hydrogen) atoms. The molecule has 0 aliphatic heterocycles. The van der Waals surface area contributed by atoms with E-state index in [2.05, 4.69) is 20.4 Å². The van der Waals surface area contributed by atoms with E-state index in [0.717, 1.165) is 33.8 Å². The van der Waals surface area contributed by atoms with E-state index < -0.39 is 0 Å². The van der Waals surface area contributed by atoms with Crippen LogP contribution in [0.15, 0.2) is 53.7 Å². The minimum absolute atomic E-state index is 0.115. The molecule has 2 aromatic heterocycles. The molecule has 0 aliphatic carbocycles. The van der Waals surface area contributed by atoms with Gasteiger partial charge in [0.25, 0.3) is 11.7 Å². The number of nitrogens with zero attached hydrogens (tertiary/aromatic N) is 4. The highest BCUT2D eigenvalue weighted by Gasteiger charge is 2.14. The molecule has 7 heteroatoms. The third kappa shape index (κ3) is 4.07. The Morgan fingerprint density at radius 2 is 1.83 bits per heavy atom. The third-order valence-corrected chi connectivity index (χ3v) is 5.96. The quantitative estimate of drug-likeness (QED) is 0.468. The smallest absolute Gasteiger partial charge is 0.255 e. The van der Waals surface area contributed by atoms with Crippen molar-refractivity contribution in [2.24, 2.45) is 0 Å². The van der Waals surface area contributed by atoms with Gasteiger partial charge in [-0.3, -0.25) is 4.79 Å². The molecule has 0 saturated carbocycles. The maximum absolute atomic E-state index is 13.0. The number of nitrogens with one attached hydrogen (secondary N) is 1. The predicted molar refractivity (Wildman–Crippen MR) is 120 cm³/mol. The lowest BCUT2D eigenvalue weighted by Gasteiger charge is -2.12. The van der Waals surface area contributed by atoms with Crippen LogP contribution in [0.4, 0.5) is 5.69 Å². The van der Waals surface area contributed by atoms with E-state index in [0.29, 0.717) is 22.3 Å². The maximum Gasteiger partial charge on any atom is 0.255 e. The van der Waals surface area contributed by atoms with Crippen molar-refractivity contribution >= 4 is 29.1 Å². The Kier molecular flexibility index (Phi) is 5.55. The molecular weight excluding hydrogens is 394 g/mol. The number of aromatic nitrogens is 4. The van der Waals surface area contributed by atoms with Crippen LogP contribution in [0.1, 0.15) is 38.4 Å². The van der Waals surface area contributed by atoms with Gasteiger partial charge < -0.3 is 5.32 Å². The van der Waals surface area contributed by atoms with Crippen LogP contribution in [0, 0.1) is 27.7 Å². The van der Waals surface area contributed by atoms with E-state index in [-0.39, 0.29) is 5.91 Å². The van der Waals surface area contributed by atoms with Gasteiger partial charge in [0.05, 0.1) is 0 Å². The average Bonchev–Trinajstić information content (AvgIpc) is 3.13. The van der Waals surface area contributed by atoms with E-state index in [1.807, 2.05) is 76.2 Å². The number of carbonyl (C=O) groups excluding carboxylic acids is 1. The second kappa shape index (κ2) is 8.28. The Balaban J connectivity index is 1.54. The molecule has 0 radical (unpaired) electrons. The van der Waals surface area contributed by atoms with Crippen LogP contribution < -0.4 is 5.32 Å². The minimum atomic E-state index is -0.115. The van der Waals surface area contributed by atoms with Gasteiger partial charge in [-0.05, 0) is 62.6 Å². The van der Waals surface area contributed by atoms with Crippen LogP contribution >= 0.6 is 11.8 Å². The van der Waals surface area contributed by atoms with Crippen LogP contribution in [0.5, 0.6) is 0 Å². The molecule has 0 spiro atoms. The summed E-state index contributed by atoms with van der Waals surface area (Å²) in [6, 6.07) is 15.5. The third-order valence-electron chi connectivity index (χ3n) is 5.07. The zero-order valence-corrected chi connectivity index (χ0v) is 18.2. The number of fused-ring (bicyclic) bond motifs is 1. The summed E-state index contributed by atoms with van der Waals surface area (Å²) in [5.74, 6) is 1.07. The Labute approximate surface area is 179 Å². The molecule has 1 amide bonds. The van der Waals surface area contributed by atoms with E-state index >= 15 is 0 Å². The largest absolute Gasteiger partial charge is 0.322 e. The molecule has 4 aromatic rings. The summed E-state index contributed by atoms with van der Waals surface area (Å²) in [4.78, 5) is 21.9. The fraction of sp³-hybridized carbons (Fsp3) is 0.217. The number of thioether (sulfide) groups is 1. The number of carbonyl (C=O) groups is 1. The van der Waals surface area contributed by atoms with Crippen LogP contribution in [-0.4, -0.2) is 25.5 Å². The lowest BCUT2D eigenvalue weighted by Crippen LogP contribution is -2.15. The van der Waals surface area contributed by atoms with Gasteiger partial charge in [0.1, 0.15) is 0 Å².